The second-order valence-corrected chi connectivity index (χ2v) is 4.21. The van der Waals surface area contributed by atoms with Crippen molar-refractivity contribution in [1.82, 2.24) is 0 Å². The lowest BCUT2D eigenvalue weighted by molar-refractivity contribution is 0.253. The molecule has 1 aliphatic carbocycles. The highest BCUT2D eigenvalue weighted by Crippen LogP contribution is 2.28. The fourth-order valence-corrected chi connectivity index (χ4v) is 2.18. The van der Waals surface area contributed by atoms with Gasteiger partial charge in [0.15, 0.2) is 0 Å². The smallest absolute Gasteiger partial charge is 0.142 e. The fourth-order valence-electron chi connectivity index (χ4n) is 2.18. The van der Waals surface area contributed by atoms with Crippen LogP contribution in [0.4, 0.5) is 5.69 Å². The van der Waals surface area contributed by atoms with Gasteiger partial charge in [0.05, 0.1) is 12.3 Å². The second kappa shape index (κ2) is 5.06. The van der Waals surface area contributed by atoms with Crippen LogP contribution in [0.1, 0.15) is 25.7 Å². The Hall–Kier alpha value is -1.18. The van der Waals surface area contributed by atoms with Crippen LogP contribution < -0.4 is 10.1 Å². The Morgan fingerprint density at radius 2 is 2.00 bits per heavy atom. The first kappa shape index (κ1) is 10.3. The number of ether oxygens (including phenoxy) is 1. The molecule has 82 valence electrons. The molecule has 2 nitrogen and oxygen atoms in total. The molecule has 0 radical (unpaired) electrons. The molecular weight excluding hydrogens is 186 g/mol. The lowest BCUT2D eigenvalue weighted by Gasteiger charge is -2.14. The van der Waals surface area contributed by atoms with Gasteiger partial charge in [-0.3, -0.25) is 0 Å². The molecular formula is C13H19NO. The van der Waals surface area contributed by atoms with Crippen LogP contribution in [-0.4, -0.2) is 13.7 Å². The Morgan fingerprint density at radius 1 is 1.27 bits per heavy atom. The third-order valence-corrected chi connectivity index (χ3v) is 3.11. The van der Waals surface area contributed by atoms with E-state index in [4.69, 9.17) is 4.74 Å². The van der Waals surface area contributed by atoms with Crippen LogP contribution in [0.2, 0.25) is 0 Å². The van der Waals surface area contributed by atoms with Crippen LogP contribution in [-0.2, 0) is 0 Å². The molecule has 1 aromatic rings. The Balaban J connectivity index is 1.91. The van der Waals surface area contributed by atoms with Crippen molar-refractivity contribution in [2.45, 2.75) is 25.7 Å². The highest BCUT2D eigenvalue weighted by Gasteiger charge is 2.15. The van der Waals surface area contributed by atoms with Crippen LogP contribution in [0.3, 0.4) is 0 Å². The molecule has 0 atom stereocenters. The van der Waals surface area contributed by atoms with Gasteiger partial charge < -0.3 is 10.1 Å². The molecule has 1 N–H and O–H groups in total. The summed E-state index contributed by atoms with van der Waals surface area (Å²) in [5.74, 6) is 1.75. The molecule has 0 saturated heterocycles. The van der Waals surface area contributed by atoms with Gasteiger partial charge in [-0.2, -0.15) is 0 Å². The predicted molar refractivity (Wildman–Crippen MR) is 63.4 cm³/mol. The van der Waals surface area contributed by atoms with Crippen molar-refractivity contribution in [2.24, 2.45) is 5.92 Å². The van der Waals surface area contributed by atoms with Crippen molar-refractivity contribution >= 4 is 5.69 Å². The largest absolute Gasteiger partial charge is 0.491 e. The lowest BCUT2D eigenvalue weighted by Crippen LogP contribution is -2.09. The van der Waals surface area contributed by atoms with E-state index in [0.717, 1.165) is 24.0 Å². The first-order valence-electron chi connectivity index (χ1n) is 5.79. The first-order chi connectivity index (χ1) is 7.40. The molecule has 2 rings (SSSR count). The highest BCUT2D eigenvalue weighted by molar-refractivity contribution is 5.55. The minimum atomic E-state index is 0.773. The topological polar surface area (TPSA) is 21.3 Å². The van der Waals surface area contributed by atoms with Crippen LogP contribution in [0.25, 0.3) is 0 Å². The van der Waals surface area contributed by atoms with E-state index in [-0.39, 0.29) is 0 Å². The zero-order chi connectivity index (χ0) is 10.5. The SMILES string of the molecule is CNc1ccccc1OCC1CCCC1. The minimum Gasteiger partial charge on any atom is -0.491 e. The summed E-state index contributed by atoms with van der Waals surface area (Å²) >= 11 is 0. The molecule has 0 unspecified atom stereocenters. The summed E-state index contributed by atoms with van der Waals surface area (Å²) in [5, 5.41) is 3.15. The van der Waals surface area contributed by atoms with Crippen molar-refractivity contribution in [2.75, 3.05) is 19.0 Å². The number of hydrogen-bond acceptors (Lipinski definition) is 2. The number of hydrogen-bond donors (Lipinski definition) is 1. The fraction of sp³-hybridized carbons (Fsp3) is 0.538. The monoisotopic (exact) mass is 205 g/mol. The van der Waals surface area contributed by atoms with E-state index in [2.05, 4.69) is 5.32 Å². The summed E-state index contributed by atoms with van der Waals surface area (Å²) < 4.78 is 5.85. The molecule has 1 saturated carbocycles. The Kier molecular flexibility index (Phi) is 3.49. The third-order valence-electron chi connectivity index (χ3n) is 3.11. The Morgan fingerprint density at radius 3 is 2.73 bits per heavy atom. The van der Waals surface area contributed by atoms with E-state index >= 15 is 0 Å². The van der Waals surface area contributed by atoms with Crippen LogP contribution in [0, 0.1) is 5.92 Å². The average Bonchev–Trinajstić information content (AvgIpc) is 2.79. The van der Waals surface area contributed by atoms with Crippen molar-refractivity contribution in [3.8, 4) is 5.75 Å². The van der Waals surface area contributed by atoms with E-state index in [1.54, 1.807) is 0 Å². The average molecular weight is 205 g/mol. The molecule has 0 amide bonds. The first-order valence-corrected chi connectivity index (χ1v) is 5.79. The summed E-state index contributed by atoms with van der Waals surface area (Å²) in [7, 11) is 1.93. The van der Waals surface area contributed by atoms with Crippen LogP contribution in [0.5, 0.6) is 5.75 Å². The van der Waals surface area contributed by atoms with Crippen molar-refractivity contribution in [3.05, 3.63) is 24.3 Å². The van der Waals surface area contributed by atoms with Gasteiger partial charge in [-0.15, -0.1) is 0 Å². The second-order valence-electron chi connectivity index (χ2n) is 4.21. The molecule has 0 bridgehead atoms. The van der Waals surface area contributed by atoms with E-state index < -0.39 is 0 Å². The highest BCUT2D eigenvalue weighted by atomic mass is 16.5. The number of benzene rings is 1. The summed E-state index contributed by atoms with van der Waals surface area (Å²) in [5.41, 5.74) is 1.08. The van der Waals surface area contributed by atoms with Gasteiger partial charge in [-0.05, 0) is 30.9 Å². The maximum atomic E-state index is 5.85. The van der Waals surface area contributed by atoms with Gasteiger partial charge in [0.2, 0.25) is 0 Å². The Labute approximate surface area is 91.6 Å². The lowest BCUT2D eigenvalue weighted by atomic mass is 10.1. The molecule has 2 heteroatoms. The van der Waals surface area contributed by atoms with E-state index in [0.29, 0.717) is 0 Å². The number of para-hydroxylation sites is 2. The van der Waals surface area contributed by atoms with E-state index in [1.165, 1.54) is 25.7 Å². The van der Waals surface area contributed by atoms with Gasteiger partial charge in [-0.25, -0.2) is 0 Å². The van der Waals surface area contributed by atoms with Crippen LogP contribution in [0.15, 0.2) is 24.3 Å². The molecule has 1 fully saturated rings. The summed E-state index contributed by atoms with van der Waals surface area (Å²) in [6, 6.07) is 8.11. The maximum absolute atomic E-state index is 5.85. The number of nitrogens with one attached hydrogen (secondary N) is 1. The Bertz CT molecular complexity index is 305. The van der Waals surface area contributed by atoms with E-state index in [1.807, 2.05) is 31.3 Å². The zero-order valence-corrected chi connectivity index (χ0v) is 9.33. The summed E-state index contributed by atoms with van der Waals surface area (Å²) in [6.07, 6.45) is 5.42. The predicted octanol–water partition coefficient (Wildman–Crippen LogP) is 3.30. The maximum Gasteiger partial charge on any atom is 0.142 e. The molecule has 0 heterocycles. The number of anilines is 1. The normalized spacial score (nSPS) is 16.6. The summed E-state index contributed by atoms with van der Waals surface area (Å²) in [4.78, 5) is 0. The quantitative estimate of drug-likeness (QED) is 0.814. The van der Waals surface area contributed by atoms with Gasteiger partial charge in [-0.1, -0.05) is 25.0 Å². The molecule has 0 aliphatic heterocycles. The zero-order valence-electron chi connectivity index (χ0n) is 9.33. The molecule has 0 aromatic heterocycles. The van der Waals surface area contributed by atoms with Gasteiger partial charge in [0.25, 0.3) is 0 Å². The molecule has 1 aliphatic rings. The minimum absolute atomic E-state index is 0.773. The molecule has 0 spiro atoms. The standard InChI is InChI=1S/C13H19NO/c1-14-12-8-4-5-9-13(12)15-10-11-6-2-3-7-11/h4-5,8-9,11,14H,2-3,6-7,10H2,1H3. The van der Waals surface area contributed by atoms with E-state index in [9.17, 15) is 0 Å². The molecule has 1 aromatic carbocycles. The van der Waals surface area contributed by atoms with Gasteiger partial charge in [0.1, 0.15) is 5.75 Å². The number of rotatable bonds is 4. The van der Waals surface area contributed by atoms with Crippen molar-refractivity contribution < 1.29 is 4.74 Å². The van der Waals surface area contributed by atoms with Gasteiger partial charge >= 0.3 is 0 Å². The van der Waals surface area contributed by atoms with Crippen molar-refractivity contribution in [3.63, 3.8) is 0 Å². The van der Waals surface area contributed by atoms with Crippen LogP contribution >= 0.6 is 0 Å². The summed E-state index contributed by atoms with van der Waals surface area (Å²) in [6.45, 7) is 0.874. The molecule has 15 heavy (non-hydrogen) atoms. The van der Waals surface area contributed by atoms with Gasteiger partial charge in [0, 0.05) is 7.05 Å². The van der Waals surface area contributed by atoms with Crippen molar-refractivity contribution in [1.29, 1.82) is 0 Å². The third kappa shape index (κ3) is 2.65.